The van der Waals surface area contributed by atoms with Crippen LogP contribution in [-0.2, 0) is 6.42 Å². The van der Waals surface area contributed by atoms with Gasteiger partial charge >= 0.3 is 0 Å². The zero-order valence-electron chi connectivity index (χ0n) is 26.8. The van der Waals surface area contributed by atoms with Crippen molar-refractivity contribution in [2.45, 2.75) is 169 Å². The van der Waals surface area contributed by atoms with Crippen molar-refractivity contribution in [3.05, 3.63) is 5.56 Å². The lowest BCUT2D eigenvalue weighted by Crippen LogP contribution is -2.09. The van der Waals surface area contributed by atoms with Crippen LogP contribution in [0.15, 0.2) is 0 Å². The second kappa shape index (κ2) is 25.0. The van der Waals surface area contributed by atoms with E-state index in [1.807, 2.05) is 0 Å². The molecule has 0 heterocycles. The quantitative estimate of drug-likeness (QED) is 0.0782. The van der Waals surface area contributed by atoms with Crippen LogP contribution in [0, 0.1) is 0 Å². The van der Waals surface area contributed by atoms with Gasteiger partial charge in [-0.2, -0.15) is 0 Å². The maximum Gasteiger partial charge on any atom is 0.211 e. The van der Waals surface area contributed by atoms with E-state index in [9.17, 15) is 10.2 Å². The number of aromatic hydroxyl groups is 2. The molecule has 0 amide bonds. The highest BCUT2D eigenvalue weighted by molar-refractivity contribution is 5.69. The molecule has 0 saturated carbocycles. The molecular weight excluding hydrogens is 500 g/mol. The van der Waals surface area contributed by atoms with Crippen LogP contribution in [0.1, 0.15) is 168 Å². The van der Waals surface area contributed by atoms with E-state index >= 15 is 0 Å². The Morgan fingerprint density at radius 2 is 0.725 bits per heavy atom. The summed E-state index contributed by atoms with van der Waals surface area (Å²) in [6.07, 6.45) is 24.8. The summed E-state index contributed by atoms with van der Waals surface area (Å²) in [6, 6.07) is 0. The second-order valence-electron chi connectivity index (χ2n) is 11.5. The lowest BCUT2D eigenvalue weighted by atomic mass is 10.0. The monoisotopic (exact) mass is 564 g/mol. The number of phenolic OH excluding ortho intramolecular Hbond substituents is 2. The van der Waals surface area contributed by atoms with E-state index in [1.165, 1.54) is 77.0 Å². The Morgan fingerprint density at radius 3 is 1.18 bits per heavy atom. The summed E-state index contributed by atoms with van der Waals surface area (Å²) in [7, 11) is 0. The highest BCUT2D eigenvalue weighted by Crippen LogP contribution is 2.53. The van der Waals surface area contributed by atoms with E-state index in [4.69, 9.17) is 14.2 Å². The highest BCUT2D eigenvalue weighted by atomic mass is 16.5. The zero-order chi connectivity index (χ0) is 29.3. The third kappa shape index (κ3) is 15.3. The molecule has 234 valence electrons. The van der Waals surface area contributed by atoms with E-state index in [2.05, 4.69) is 27.7 Å². The van der Waals surface area contributed by atoms with Crippen molar-refractivity contribution >= 4 is 0 Å². The molecule has 0 fully saturated rings. The fourth-order valence-corrected chi connectivity index (χ4v) is 5.08. The third-order valence-corrected chi connectivity index (χ3v) is 7.67. The first-order chi connectivity index (χ1) is 19.6. The molecule has 1 rings (SSSR count). The number of ether oxygens (including phenoxy) is 3. The first kappa shape index (κ1) is 36.2. The van der Waals surface area contributed by atoms with Crippen molar-refractivity contribution < 1.29 is 24.4 Å². The number of benzene rings is 1. The predicted octanol–water partition coefficient (Wildman–Crippen LogP) is 11.0. The number of unbranched alkanes of at least 4 members (excludes halogenated alkanes) is 17. The van der Waals surface area contributed by atoms with Crippen molar-refractivity contribution in [1.29, 1.82) is 0 Å². The molecular formula is C35H64O5. The van der Waals surface area contributed by atoms with Crippen molar-refractivity contribution in [3.63, 3.8) is 0 Å². The van der Waals surface area contributed by atoms with Crippen molar-refractivity contribution in [2.24, 2.45) is 0 Å². The van der Waals surface area contributed by atoms with E-state index in [-0.39, 0.29) is 17.2 Å². The molecule has 0 atom stereocenters. The summed E-state index contributed by atoms with van der Waals surface area (Å²) in [6.45, 7) is 10.5. The van der Waals surface area contributed by atoms with Crippen LogP contribution in [0.2, 0.25) is 0 Å². The highest BCUT2D eigenvalue weighted by Gasteiger charge is 2.27. The van der Waals surface area contributed by atoms with Gasteiger partial charge in [-0.25, -0.2) is 0 Å². The number of phenols is 2. The Balaban J connectivity index is 3.07. The Hall–Kier alpha value is -1.78. The summed E-state index contributed by atoms with van der Waals surface area (Å²) in [4.78, 5) is 0. The van der Waals surface area contributed by atoms with Gasteiger partial charge in [0.15, 0.2) is 11.5 Å². The fraction of sp³-hybridized carbons (Fsp3) is 0.829. The molecule has 5 nitrogen and oxygen atoms in total. The van der Waals surface area contributed by atoms with Crippen molar-refractivity contribution in [3.8, 4) is 28.7 Å². The Labute approximate surface area is 247 Å². The smallest absolute Gasteiger partial charge is 0.211 e. The van der Waals surface area contributed by atoms with Crippen molar-refractivity contribution in [2.75, 3.05) is 19.8 Å². The second-order valence-corrected chi connectivity index (χ2v) is 11.5. The summed E-state index contributed by atoms with van der Waals surface area (Å²) < 4.78 is 18.9. The molecule has 0 unspecified atom stereocenters. The lowest BCUT2D eigenvalue weighted by Gasteiger charge is -2.22. The SMILES string of the molecule is CCCCCCCCOc1c(O)c(O)c(CCCCC)c(OCCCCCCCC)c1OCCCCCCCC. The maximum atomic E-state index is 11.1. The van der Waals surface area contributed by atoms with Gasteiger partial charge in [-0.15, -0.1) is 0 Å². The van der Waals surface area contributed by atoms with Crippen LogP contribution in [0.3, 0.4) is 0 Å². The van der Waals surface area contributed by atoms with Crippen LogP contribution in [0.5, 0.6) is 28.7 Å². The topological polar surface area (TPSA) is 68.2 Å². The number of hydrogen-bond acceptors (Lipinski definition) is 5. The molecule has 0 saturated heterocycles. The molecule has 40 heavy (non-hydrogen) atoms. The molecule has 2 N–H and O–H groups in total. The minimum Gasteiger partial charge on any atom is -0.504 e. The average molecular weight is 565 g/mol. The standard InChI is InChI=1S/C35H64O5/c1-5-9-13-16-19-23-27-38-33-30(26-22-12-8-4)31(36)32(37)34(39-28-24-20-17-14-10-6-2)35(33)40-29-25-21-18-15-11-7-3/h36-37H,5-29H2,1-4H3. The zero-order valence-corrected chi connectivity index (χ0v) is 26.8. The van der Waals surface area contributed by atoms with Gasteiger partial charge in [0.2, 0.25) is 17.2 Å². The van der Waals surface area contributed by atoms with E-state index in [1.54, 1.807) is 0 Å². The minimum atomic E-state index is -0.206. The molecule has 0 aliphatic carbocycles. The predicted molar refractivity (Wildman–Crippen MR) is 170 cm³/mol. The number of hydrogen-bond donors (Lipinski definition) is 2. The Bertz CT molecular complexity index is 733. The molecule has 1 aromatic rings. The first-order valence-corrected chi connectivity index (χ1v) is 17.1. The summed E-state index contributed by atoms with van der Waals surface area (Å²) in [5.74, 6) is 0.978. The van der Waals surface area contributed by atoms with Gasteiger partial charge in [-0.05, 0) is 32.1 Å². The average Bonchev–Trinajstić information content (AvgIpc) is 2.96. The Morgan fingerprint density at radius 1 is 0.375 bits per heavy atom. The largest absolute Gasteiger partial charge is 0.504 e. The van der Waals surface area contributed by atoms with E-state index in [0.29, 0.717) is 43.3 Å². The molecule has 0 bridgehead atoms. The molecule has 1 aromatic carbocycles. The summed E-state index contributed by atoms with van der Waals surface area (Å²) in [5, 5.41) is 22.2. The van der Waals surface area contributed by atoms with Gasteiger partial charge < -0.3 is 24.4 Å². The fourth-order valence-electron chi connectivity index (χ4n) is 5.08. The van der Waals surface area contributed by atoms with Crippen LogP contribution in [0.25, 0.3) is 0 Å². The van der Waals surface area contributed by atoms with Crippen LogP contribution in [0.4, 0.5) is 0 Å². The molecule has 0 aliphatic rings. The normalized spacial score (nSPS) is 11.2. The van der Waals surface area contributed by atoms with Gasteiger partial charge in [-0.3, -0.25) is 0 Å². The summed E-state index contributed by atoms with van der Waals surface area (Å²) >= 11 is 0. The van der Waals surface area contributed by atoms with Gasteiger partial charge in [-0.1, -0.05) is 137 Å². The Kier molecular flexibility index (Phi) is 22.6. The molecule has 0 aliphatic heterocycles. The van der Waals surface area contributed by atoms with E-state index < -0.39 is 0 Å². The van der Waals surface area contributed by atoms with Gasteiger partial charge in [0.05, 0.1) is 19.8 Å². The minimum absolute atomic E-state index is 0.112. The van der Waals surface area contributed by atoms with Crippen LogP contribution in [-0.4, -0.2) is 30.0 Å². The number of rotatable bonds is 28. The third-order valence-electron chi connectivity index (χ3n) is 7.67. The molecule has 0 radical (unpaired) electrons. The molecule has 5 heteroatoms. The lowest BCUT2D eigenvalue weighted by molar-refractivity contribution is 0.222. The van der Waals surface area contributed by atoms with Crippen molar-refractivity contribution in [1.82, 2.24) is 0 Å². The maximum absolute atomic E-state index is 11.1. The van der Waals surface area contributed by atoms with Gasteiger partial charge in [0.1, 0.15) is 0 Å². The molecule has 0 spiro atoms. The van der Waals surface area contributed by atoms with E-state index in [0.717, 1.165) is 57.8 Å². The van der Waals surface area contributed by atoms with Gasteiger partial charge in [0.25, 0.3) is 0 Å². The molecule has 0 aromatic heterocycles. The van der Waals surface area contributed by atoms with Crippen LogP contribution >= 0.6 is 0 Å². The van der Waals surface area contributed by atoms with Gasteiger partial charge in [0, 0.05) is 5.56 Å². The first-order valence-electron chi connectivity index (χ1n) is 17.1. The summed E-state index contributed by atoms with van der Waals surface area (Å²) in [5.41, 5.74) is 0.654. The van der Waals surface area contributed by atoms with Crippen LogP contribution < -0.4 is 14.2 Å².